The molecule has 8 nitrogen and oxygen atoms in total. The second-order valence-corrected chi connectivity index (χ2v) is 5.37. The molecule has 0 bridgehead atoms. The van der Waals surface area contributed by atoms with E-state index in [1.165, 1.54) is 11.9 Å². The molecule has 0 spiro atoms. The van der Waals surface area contributed by atoms with E-state index in [-0.39, 0.29) is 5.91 Å². The van der Waals surface area contributed by atoms with E-state index in [1.807, 2.05) is 30.3 Å². The van der Waals surface area contributed by atoms with Crippen LogP contribution in [0.1, 0.15) is 30.3 Å². The van der Waals surface area contributed by atoms with Gasteiger partial charge in [0, 0.05) is 6.42 Å². The fourth-order valence-corrected chi connectivity index (χ4v) is 2.57. The zero-order chi connectivity index (χ0) is 16.2. The van der Waals surface area contributed by atoms with Gasteiger partial charge >= 0.3 is 5.97 Å². The number of esters is 1. The van der Waals surface area contributed by atoms with Gasteiger partial charge in [0.2, 0.25) is 5.91 Å². The molecule has 1 aliphatic heterocycles. The third kappa shape index (κ3) is 3.36. The summed E-state index contributed by atoms with van der Waals surface area (Å²) in [5.41, 5.74) is 1.07. The molecule has 1 fully saturated rings. The Bertz CT molecular complexity index is 700. The summed E-state index contributed by atoms with van der Waals surface area (Å²) in [6, 6.07) is 8.65. The van der Waals surface area contributed by atoms with Gasteiger partial charge in [0.05, 0.1) is 7.11 Å². The lowest BCUT2D eigenvalue weighted by Gasteiger charge is -2.26. The number of tetrazole rings is 1. The first-order valence-corrected chi connectivity index (χ1v) is 7.38. The van der Waals surface area contributed by atoms with Crippen LogP contribution >= 0.6 is 0 Å². The van der Waals surface area contributed by atoms with Gasteiger partial charge in [-0.2, -0.15) is 4.80 Å². The molecular weight excluding hydrogens is 298 g/mol. The Hall–Kier alpha value is -2.77. The van der Waals surface area contributed by atoms with Crippen molar-refractivity contribution >= 4 is 11.9 Å². The number of benzene rings is 1. The molecule has 2 unspecified atom stereocenters. The molecule has 1 aromatic heterocycles. The summed E-state index contributed by atoms with van der Waals surface area (Å²) in [7, 11) is 1.30. The van der Waals surface area contributed by atoms with Gasteiger partial charge in [0.1, 0.15) is 6.04 Å². The number of hydrogen-bond acceptors (Lipinski definition) is 6. The molecule has 23 heavy (non-hydrogen) atoms. The quantitative estimate of drug-likeness (QED) is 0.812. The molecule has 8 heteroatoms. The molecule has 1 aromatic carbocycles. The van der Waals surface area contributed by atoms with Crippen molar-refractivity contribution < 1.29 is 14.3 Å². The Morgan fingerprint density at radius 2 is 2.13 bits per heavy atom. The maximum atomic E-state index is 12.1. The van der Waals surface area contributed by atoms with Crippen LogP contribution in [0.2, 0.25) is 0 Å². The molecule has 120 valence electrons. The van der Waals surface area contributed by atoms with E-state index < -0.39 is 18.1 Å². The van der Waals surface area contributed by atoms with Crippen LogP contribution in [0.5, 0.6) is 0 Å². The van der Waals surface area contributed by atoms with Gasteiger partial charge in [-0.15, -0.1) is 10.2 Å². The first kappa shape index (κ1) is 15.1. The Morgan fingerprint density at radius 1 is 1.35 bits per heavy atom. The van der Waals surface area contributed by atoms with Crippen molar-refractivity contribution in [2.45, 2.75) is 31.3 Å². The number of methoxy groups -OCH3 is 1. The van der Waals surface area contributed by atoms with Gasteiger partial charge in [0.15, 0.2) is 11.9 Å². The zero-order valence-electron chi connectivity index (χ0n) is 12.7. The minimum Gasteiger partial charge on any atom is -0.467 e. The monoisotopic (exact) mass is 315 g/mol. The molecule has 2 atom stereocenters. The minimum absolute atomic E-state index is 0.296. The number of aromatic nitrogens is 4. The molecular formula is C15H17N5O3. The molecule has 3 rings (SSSR count). The van der Waals surface area contributed by atoms with E-state index >= 15 is 0 Å². The van der Waals surface area contributed by atoms with E-state index in [0.29, 0.717) is 25.1 Å². The Morgan fingerprint density at radius 3 is 2.83 bits per heavy atom. The van der Waals surface area contributed by atoms with Crippen molar-refractivity contribution in [3.8, 4) is 0 Å². The van der Waals surface area contributed by atoms with Crippen molar-refractivity contribution in [3.05, 3.63) is 41.7 Å². The van der Waals surface area contributed by atoms with Crippen LogP contribution in [0.25, 0.3) is 0 Å². The van der Waals surface area contributed by atoms with Crippen molar-refractivity contribution in [3.63, 3.8) is 0 Å². The number of hydrogen-bond donors (Lipinski definition) is 1. The lowest BCUT2D eigenvalue weighted by molar-refractivity contribution is -0.147. The highest BCUT2D eigenvalue weighted by Crippen LogP contribution is 2.19. The smallest absolute Gasteiger partial charge is 0.328 e. The topological polar surface area (TPSA) is 99.0 Å². The summed E-state index contributed by atoms with van der Waals surface area (Å²) < 4.78 is 4.65. The normalized spacial score (nSPS) is 20.8. The number of nitrogens with one attached hydrogen (secondary N) is 1. The van der Waals surface area contributed by atoms with E-state index in [0.717, 1.165) is 5.56 Å². The number of rotatable bonds is 4. The van der Waals surface area contributed by atoms with Gasteiger partial charge in [-0.3, -0.25) is 4.79 Å². The highest BCUT2D eigenvalue weighted by molar-refractivity contribution is 5.87. The van der Waals surface area contributed by atoms with Crippen LogP contribution in [0.15, 0.2) is 30.3 Å². The average molecular weight is 315 g/mol. The molecule has 2 heterocycles. The van der Waals surface area contributed by atoms with Gasteiger partial charge in [-0.25, -0.2) is 4.79 Å². The van der Waals surface area contributed by atoms with Gasteiger partial charge in [0.25, 0.3) is 0 Å². The lowest BCUT2D eigenvalue weighted by Crippen LogP contribution is -2.49. The fraction of sp³-hybridized carbons (Fsp3) is 0.400. The maximum Gasteiger partial charge on any atom is 0.328 e. The summed E-state index contributed by atoms with van der Waals surface area (Å²) >= 11 is 0. The summed E-state index contributed by atoms with van der Waals surface area (Å²) in [6.45, 7) is 0. The van der Waals surface area contributed by atoms with Gasteiger partial charge in [-0.05, 0) is 23.6 Å². The Balaban J connectivity index is 1.67. The first-order chi connectivity index (χ1) is 11.2. The molecule has 0 aliphatic carbocycles. The Kier molecular flexibility index (Phi) is 4.31. The standard InChI is InChI=1S/C15H17N5O3/c1-23-15(22)11-7-8-12(14(21)16-11)20-18-13(17-19-20)9-10-5-3-2-4-6-10/h2-6,11-12H,7-9H2,1H3,(H,16,21). The average Bonchev–Trinajstić information content (AvgIpc) is 3.03. The van der Waals surface area contributed by atoms with Crippen LogP contribution in [-0.2, 0) is 20.7 Å². The third-order valence-electron chi connectivity index (χ3n) is 3.79. The van der Waals surface area contributed by atoms with E-state index in [4.69, 9.17) is 0 Å². The zero-order valence-corrected chi connectivity index (χ0v) is 12.7. The molecule has 1 saturated heterocycles. The molecule has 1 N–H and O–H groups in total. The van der Waals surface area contributed by atoms with Crippen molar-refractivity contribution in [2.24, 2.45) is 0 Å². The number of ether oxygens (including phenoxy) is 1. The SMILES string of the molecule is COC(=O)C1CCC(n2nnc(Cc3ccccc3)n2)C(=O)N1. The summed E-state index contributed by atoms with van der Waals surface area (Å²) in [6.07, 6.45) is 1.51. The largest absolute Gasteiger partial charge is 0.467 e. The van der Waals surface area contributed by atoms with Gasteiger partial charge in [-0.1, -0.05) is 30.3 Å². The lowest BCUT2D eigenvalue weighted by atomic mass is 10.0. The second-order valence-electron chi connectivity index (χ2n) is 5.37. The van der Waals surface area contributed by atoms with Crippen molar-refractivity contribution in [1.29, 1.82) is 0 Å². The molecule has 0 saturated carbocycles. The molecule has 1 amide bonds. The fourth-order valence-electron chi connectivity index (χ4n) is 2.57. The highest BCUT2D eigenvalue weighted by Gasteiger charge is 2.34. The summed E-state index contributed by atoms with van der Waals surface area (Å²) in [5, 5.41) is 14.9. The van der Waals surface area contributed by atoms with Gasteiger partial charge < -0.3 is 10.1 Å². The molecule has 0 radical (unpaired) electrons. The van der Waals surface area contributed by atoms with Crippen LogP contribution in [0, 0.1) is 0 Å². The van der Waals surface area contributed by atoms with E-state index in [1.54, 1.807) is 0 Å². The number of nitrogens with zero attached hydrogens (tertiary/aromatic N) is 4. The number of carbonyl (C=O) groups is 2. The second kappa shape index (κ2) is 6.55. The first-order valence-electron chi connectivity index (χ1n) is 7.38. The minimum atomic E-state index is -0.601. The summed E-state index contributed by atoms with van der Waals surface area (Å²) in [5.74, 6) is -0.178. The number of carbonyl (C=O) groups excluding carboxylic acids is 2. The predicted molar refractivity (Wildman–Crippen MR) is 79.3 cm³/mol. The Labute approximate surface area is 132 Å². The number of piperidine rings is 1. The van der Waals surface area contributed by atoms with Crippen molar-refractivity contribution in [2.75, 3.05) is 7.11 Å². The van der Waals surface area contributed by atoms with Crippen LogP contribution < -0.4 is 5.32 Å². The van der Waals surface area contributed by atoms with Crippen LogP contribution in [0.4, 0.5) is 0 Å². The van der Waals surface area contributed by atoms with E-state index in [2.05, 4.69) is 25.5 Å². The highest BCUT2D eigenvalue weighted by atomic mass is 16.5. The molecule has 1 aliphatic rings. The van der Waals surface area contributed by atoms with Crippen LogP contribution in [-0.4, -0.2) is 45.2 Å². The number of amides is 1. The van der Waals surface area contributed by atoms with E-state index in [9.17, 15) is 9.59 Å². The predicted octanol–water partition coefficient (Wildman–Crippen LogP) is 0.257. The maximum absolute atomic E-state index is 12.1. The molecule has 2 aromatic rings. The van der Waals surface area contributed by atoms with Crippen molar-refractivity contribution in [1.82, 2.24) is 25.5 Å². The third-order valence-corrected chi connectivity index (χ3v) is 3.79. The van der Waals surface area contributed by atoms with Crippen LogP contribution in [0.3, 0.4) is 0 Å². The summed E-state index contributed by atoms with van der Waals surface area (Å²) in [4.78, 5) is 24.9.